The van der Waals surface area contributed by atoms with Crippen LogP contribution in [0.1, 0.15) is 75.9 Å². The van der Waals surface area contributed by atoms with Crippen LogP contribution in [-0.2, 0) is 14.4 Å². The number of anilines is 3. The Morgan fingerprint density at radius 1 is 0.680 bits per heavy atom. The fourth-order valence-electron chi connectivity index (χ4n) is 5.63. The van der Waals surface area contributed by atoms with Crippen LogP contribution in [0.3, 0.4) is 0 Å². The first-order chi connectivity index (χ1) is 23.8. The van der Waals surface area contributed by atoms with Crippen LogP contribution in [-0.4, -0.2) is 47.2 Å². The minimum absolute atomic E-state index is 0. The molecule has 3 aromatic carbocycles. The van der Waals surface area contributed by atoms with E-state index in [1.54, 1.807) is 24.0 Å². The van der Waals surface area contributed by atoms with E-state index in [0.717, 1.165) is 96.3 Å². The normalized spacial score (nSPS) is 15.6. The third-order valence-corrected chi connectivity index (χ3v) is 9.24. The van der Waals surface area contributed by atoms with E-state index in [2.05, 4.69) is 21.2 Å². The average Bonchev–Trinajstić information content (AvgIpc) is 3.08. The second kappa shape index (κ2) is 19.4. The molecular formula is C36H47BrN6O7. The Labute approximate surface area is 302 Å². The number of hydrogen-bond donors (Lipinski definition) is 2. The molecule has 3 saturated heterocycles. The lowest BCUT2D eigenvalue weighted by Gasteiger charge is -2.28. The molecule has 0 radical (unpaired) electrons. The molecule has 0 atom stereocenters. The largest absolute Gasteiger partial charge is 0.399 e. The van der Waals surface area contributed by atoms with Gasteiger partial charge in [-0.3, -0.25) is 34.6 Å². The summed E-state index contributed by atoms with van der Waals surface area (Å²) in [6.07, 6.45) is 8.24. The molecule has 3 aliphatic rings. The highest BCUT2D eigenvalue weighted by molar-refractivity contribution is 9.10. The lowest BCUT2D eigenvalue weighted by atomic mass is 10.1. The highest BCUT2D eigenvalue weighted by atomic mass is 79.9. The van der Waals surface area contributed by atoms with Crippen molar-refractivity contribution >= 4 is 62.1 Å². The van der Waals surface area contributed by atoms with Gasteiger partial charge in [0.2, 0.25) is 17.7 Å². The van der Waals surface area contributed by atoms with Gasteiger partial charge in [0.15, 0.2) is 0 Å². The summed E-state index contributed by atoms with van der Waals surface area (Å²) in [6, 6.07) is 15.0. The van der Waals surface area contributed by atoms with Crippen LogP contribution in [0, 0.1) is 41.0 Å². The number of halogens is 1. The first-order valence-corrected chi connectivity index (χ1v) is 17.5. The van der Waals surface area contributed by atoms with Gasteiger partial charge in [0.25, 0.3) is 11.4 Å². The van der Waals surface area contributed by atoms with E-state index in [1.807, 2.05) is 36.9 Å². The summed E-state index contributed by atoms with van der Waals surface area (Å²) in [4.78, 5) is 57.5. The second-order valence-corrected chi connectivity index (χ2v) is 13.1. The number of non-ortho nitro benzene ring substituents is 2. The van der Waals surface area contributed by atoms with E-state index in [-0.39, 0.29) is 30.5 Å². The number of aryl methyl sites for hydroxylation is 3. The number of hydrogen-bond acceptors (Lipinski definition) is 8. The zero-order valence-corrected chi connectivity index (χ0v) is 30.4. The highest BCUT2D eigenvalue weighted by Crippen LogP contribution is 2.28. The smallest absolute Gasteiger partial charge is 0.269 e. The molecule has 13 nitrogen and oxygen atoms in total. The molecule has 3 amide bonds. The molecule has 270 valence electrons. The zero-order valence-electron chi connectivity index (χ0n) is 28.8. The number of carbonyl (C=O) groups excluding carboxylic acids is 3. The van der Waals surface area contributed by atoms with Gasteiger partial charge < -0.3 is 20.9 Å². The second-order valence-electron chi connectivity index (χ2n) is 12.3. The van der Waals surface area contributed by atoms with E-state index < -0.39 is 9.85 Å². The van der Waals surface area contributed by atoms with Gasteiger partial charge in [-0.05, 0) is 106 Å². The van der Waals surface area contributed by atoms with Crippen LogP contribution in [0.25, 0.3) is 0 Å². The Morgan fingerprint density at radius 2 is 1.16 bits per heavy atom. The molecular weight excluding hydrogens is 708 g/mol. The molecule has 0 bridgehead atoms. The third-order valence-electron chi connectivity index (χ3n) is 8.35. The van der Waals surface area contributed by atoms with Crippen LogP contribution in [0.15, 0.2) is 59.1 Å². The predicted molar refractivity (Wildman–Crippen MR) is 200 cm³/mol. The van der Waals surface area contributed by atoms with Crippen molar-refractivity contribution in [2.24, 2.45) is 0 Å². The van der Waals surface area contributed by atoms with Gasteiger partial charge in [0, 0.05) is 86.1 Å². The fourth-order valence-corrected chi connectivity index (χ4v) is 5.87. The van der Waals surface area contributed by atoms with Crippen LogP contribution in [0.4, 0.5) is 28.4 Å². The van der Waals surface area contributed by atoms with Crippen molar-refractivity contribution in [1.82, 2.24) is 5.32 Å². The molecule has 0 spiro atoms. The lowest BCUT2D eigenvalue weighted by Crippen LogP contribution is -2.35. The van der Waals surface area contributed by atoms with Crippen molar-refractivity contribution in [3.63, 3.8) is 0 Å². The van der Waals surface area contributed by atoms with Gasteiger partial charge in [-0.1, -0.05) is 15.9 Å². The molecule has 6 rings (SSSR count). The summed E-state index contributed by atoms with van der Waals surface area (Å²) in [5.41, 5.74) is 11.2. The number of nitro benzene ring substituents is 2. The minimum Gasteiger partial charge on any atom is -0.399 e. The molecule has 0 aliphatic carbocycles. The lowest BCUT2D eigenvalue weighted by molar-refractivity contribution is -0.385. The van der Waals surface area contributed by atoms with E-state index >= 15 is 0 Å². The number of nitrogen functional groups attached to an aromatic ring is 1. The SMILES string of the molecule is Cc1cc(N)ccc1N1CCCCC1=O.Cc1cc([N+](=O)[O-])ccc1Br.Cc1cc([N+](=O)[O-])ccc1N1CCCCC1=O.O=C1CCCCN1.[HH]. The standard InChI is InChI=1S/C12H14N2O3.C12H16N2O.C7H6BrNO2.C5H9NO.H2/c1-9-8-10(14(16)17)5-6-11(9)13-7-3-2-4-12(13)15;1-9-8-10(13)5-6-11(9)14-7-3-2-4-12(14)15;1-5-4-6(9(10)11)2-3-7(5)8;7-5-3-1-2-4-6-5;/h5-6,8H,2-4,7H2,1H3;5-6,8H,2-4,7,13H2,1H3;2-4H,1H3;1-4H2,(H,6,7);1H. The summed E-state index contributed by atoms with van der Waals surface area (Å²) in [7, 11) is 0. The monoisotopic (exact) mass is 754 g/mol. The quantitative estimate of drug-likeness (QED) is 0.154. The van der Waals surface area contributed by atoms with Crippen molar-refractivity contribution in [3.8, 4) is 0 Å². The molecule has 3 fully saturated rings. The van der Waals surface area contributed by atoms with Crippen molar-refractivity contribution < 1.29 is 25.7 Å². The van der Waals surface area contributed by atoms with Gasteiger partial charge in [-0.2, -0.15) is 0 Å². The van der Waals surface area contributed by atoms with Crippen LogP contribution >= 0.6 is 15.9 Å². The third kappa shape index (κ3) is 11.9. The van der Waals surface area contributed by atoms with Gasteiger partial charge in [-0.15, -0.1) is 0 Å². The number of nitrogens with two attached hydrogens (primary N) is 1. The maximum absolute atomic E-state index is 11.8. The highest BCUT2D eigenvalue weighted by Gasteiger charge is 2.22. The predicted octanol–water partition coefficient (Wildman–Crippen LogP) is 7.71. The number of amides is 3. The number of rotatable bonds is 4. The van der Waals surface area contributed by atoms with Crippen LogP contribution in [0.2, 0.25) is 0 Å². The number of nitro groups is 2. The number of nitrogens with one attached hydrogen (secondary N) is 1. The topological polar surface area (TPSA) is 182 Å². The van der Waals surface area contributed by atoms with Crippen molar-refractivity contribution in [2.45, 2.75) is 78.6 Å². The molecule has 14 heteroatoms. The molecule has 0 saturated carbocycles. The molecule has 3 aliphatic heterocycles. The molecule has 3 aromatic rings. The van der Waals surface area contributed by atoms with Crippen LogP contribution in [0.5, 0.6) is 0 Å². The van der Waals surface area contributed by atoms with Crippen molar-refractivity contribution in [3.05, 3.63) is 96.0 Å². The Balaban J connectivity index is 0.000000244. The zero-order chi connectivity index (χ0) is 36.8. The van der Waals surface area contributed by atoms with E-state index in [9.17, 15) is 34.6 Å². The Bertz CT molecular complexity index is 1700. The molecule has 50 heavy (non-hydrogen) atoms. The van der Waals surface area contributed by atoms with Gasteiger partial charge in [0.1, 0.15) is 0 Å². The van der Waals surface area contributed by atoms with Crippen molar-refractivity contribution in [2.75, 3.05) is 35.2 Å². The first-order valence-electron chi connectivity index (χ1n) is 16.7. The maximum atomic E-state index is 11.8. The number of carbonyl (C=O) groups is 3. The summed E-state index contributed by atoms with van der Waals surface area (Å²) in [5, 5.41) is 23.6. The first kappa shape index (κ1) is 39.6. The number of nitrogens with zero attached hydrogens (tertiary/aromatic N) is 4. The van der Waals surface area contributed by atoms with E-state index in [0.29, 0.717) is 19.4 Å². The average molecular weight is 756 g/mol. The molecule has 0 unspecified atom stereocenters. The summed E-state index contributed by atoms with van der Waals surface area (Å²) in [5.74, 6) is 0.550. The molecule has 3 heterocycles. The number of benzene rings is 3. The van der Waals surface area contributed by atoms with Gasteiger partial charge in [-0.25, -0.2) is 0 Å². The van der Waals surface area contributed by atoms with Crippen molar-refractivity contribution in [1.29, 1.82) is 0 Å². The molecule has 3 N–H and O–H groups in total. The number of piperidine rings is 3. The summed E-state index contributed by atoms with van der Waals surface area (Å²) in [6.45, 7) is 8.04. The van der Waals surface area contributed by atoms with E-state index in [1.165, 1.54) is 24.3 Å². The summed E-state index contributed by atoms with van der Waals surface area (Å²) >= 11 is 3.26. The Morgan fingerprint density at radius 3 is 1.56 bits per heavy atom. The van der Waals surface area contributed by atoms with Gasteiger partial charge >= 0.3 is 0 Å². The Kier molecular flexibility index (Phi) is 15.3. The fraction of sp³-hybridized carbons (Fsp3) is 0.417. The maximum Gasteiger partial charge on any atom is 0.269 e. The van der Waals surface area contributed by atoms with Gasteiger partial charge in [0.05, 0.1) is 9.85 Å². The van der Waals surface area contributed by atoms with E-state index in [4.69, 9.17) is 5.73 Å². The Hall–Kier alpha value is -4.85. The van der Waals surface area contributed by atoms with Crippen LogP contribution < -0.4 is 20.9 Å². The minimum atomic E-state index is -0.422. The summed E-state index contributed by atoms with van der Waals surface area (Å²) < 4.78 is 0.892. The molecule has 0 aromatic heterocycles.